The van der Waals surface area contributed by atoms with Crippen molar-refractivity contribution >= 4 is 6.21 Å². The lowest BCUT2D eigenvalue weighted by atomic mass is 10.2. The zero-order chi connectivity index (χ0) is 7.82. The maximum absolute atomic E-state index is 4.24. The minimum Gasteiger partial charge on any atom is -0.295 e. The van der Waals surface area contributed by atoms with Crippen molar-refractivity contribution in [2.45, 2.75) is 39.2 Å². The second kappa shape index (κ2) is 6.53. The van der Waals surface area contributed by atoms with Crippen molar-refractivity contribution in [1.29, 1.82) is 0 Å². The zero-order valence-electron chi connectivity index (χ0n) is 7.01. The Morgan fingerprint density at radius 1 is 1.40 bits per heavy atom. The summed E-state index contributed by atoms with van der Waals surface area (Å²) in [5, 5.41) is 0. The van der Waals surface area contributed by atoms with E-state index in [9.17, 15) is 0 Å². The number of unbranched alkanes of at least 4 members (excludes halogenated alkanes) is 2. The van der Waals surface area contributed by atoms with Gasteiger partial charge in [0.05, 0.1) is 0 Å². The molecule has 0 saturated heterocycles. The van der Waals surface area contributed by atoms with Crippen molar-refractivity contribution in [2.24, 2.45) is 4.99 Å². The van der Waals surface area contributed by atoms with Gasteiger partial charge in [-0.2, -0.15) is 0 Å². The standard InChI is InChI=1S/C9H17N/c1-4-5-6-7-8-10-9(2)3/h4,8-9H,1,5-7H2,2-3H3. The number of nitrogens with zero attached hydrogens (tertiary/aromatic N) is 1. The van der Waals surface area contributed by atoms with E-state index < -0.39 is 0 Å². The quantitative estimate of drug-likeness (QED) is 0.315. The van der Waals surface area contributed by atoms with Gasteiger partial charge >= 0.3 is 0 Å². The Balaban J connectivity index is 3.10. The molecular formula is C9H17N. The van der Waals surface area contributed by atoms with Gasteiger partial charge in [-0.1, -0.05) is 6.08 Å². The minimum atomic E-state index is 0.448. The van der Waals surface area contributed by atoms with Crippen LogP contribution in [0, 0.1) is 0 Å². The third-order valence-corrected chi connectivity index (χ3v) is 1.15. The first-order chi connectivity index (χ1) is 4.77. The largest absolute Gasteiger partial charge is 0.295 e. The molecule has 0 fully saturated rings. The van der Waals surface area contributed by atoms with Crippen LogP contribution in [-0.4, -0.2) is 12.3 Å². The summed E-state index contributed by atoms with van der Waals surface area (Å²) < 4.78 is 0. The second-order valence-electron chi connectivity index (χ2n) is 2.64. The predicted molar refractivity (Wildman–Crippen MR) is 47.7 cm³/mol. The molecule has 10 heavy (non-hydrogen) atoms. The Kier molecular flexibility index (Phi) is 6.14. The van der Waals surface area contributed by atoms with E-state index in [1.165, 1.54) is 6.42 Å². The molecule has 0 spiro atoms. The summed E-state index contributed by atoms with van der Waals surface area (Å²) in [5.74, 6) is 0. The molecule has 0 radical (unpaired) electrons. The number of allylic oxidation sites excluding steroid dienone is 1. The van der Waals surface area contributed by atoms with E-state index in [1.54, 1.807) is 0 Å². The maximum atomic E-state index is 4.24. The van der Waals surface area contributed by atoms with Crippen LogP contribution in [0.5, 0.6) is 0 Å². The Bertz CT molecular complexity index is 103. The third kappa shape index (κ3) is 7.41. The minimum absolute atomic E-state index is 0.448. The molecule has 0 unspecified atom stereocenters. The highest BCUT2D eigenvalue weighted by atomic mass is 14.7. The average molecular weight is 139 g/mol. The van der Waals surface area contributed by atoms with Crippen molar-refractivity contribution in [2.75, 3.05) is 0 Å². The SMILES string of the molecule is C=CCCCC=NC(C)C. The fourth-order valence-corrected chi connectivity index (χ4v) is 0.639. The smallest absolute Gasteiger partial charge is 0.0439 e. The Hall–Kier alpha value is -0.590. The van der Waals surface area contributed by atoms with Crippen LogP contribution in [-0.2, 0) is 0 Å². The summed E-state index contributed by atoms with van der Waals surface area (Å²) in [5.41, 5.74) is 0. The van der Waals surface area contributed by atoms with Gasteiger partial charge in [0.2, 0.25) is 0 Å². The van der Waals surface area contributed by atoms with Gasteiger partial charge in [0, 0.05) is 6.04 Å². The molecule has 0 amide bonds. The molecule has 0 aliphatic rings. The van der Waals surface area contributed by atoms with Crippen LogP contribution in [0.4, 0.5) is 0 Å². The van der Waals surface area contributed by atoms with Crippen LogP contribution >= 0.6 is 0 Å². The molecule has 0 heterocycles. The first-order valence-electron chi connectivity index (χ1n) is 3.90. The molecule has 0 aromatic heterocycles. The van der Waals surface area contributed by atoms with E-state index in [-0.39, 0.29) is 0 Å². The Labute approximate surface area is 63.9 Å². The summed E-state index contributed by atoms with van der Waals surface area (Å²) in [6, 6.07) is 0.448. The average Bonchev–Trinajstić information content (AvgIpc) is 1.87. The molecule has 0 aliphatic carbocycles. The van der Waals surface area contributed by atoms with E-state index in [2.05, 4.69) is 25.4 Å². The van der Waals surface area contributed by atoms with Gasteiger partial charge in [-0.05, 0) is 39.3 Å². The number of rotatable bonds is 5. The van der Waals surface area contributed by atoms with E-state index in [0.29, 0.717) is 6.04 Å². The van der Waals surface area contributed by atoms with Crippen molar-refractivity contribution in [3.63, 3.8) is 0 Å². The molecule has 0 saturated carbocycles. The third-order valence-electron chi connectivity index (χ3n) is 1.15. The molecule has 0 bridgehead atoms. The first-order valence-corrected chi connectivity index (χ1v) is 3.90. The fourth-order valence-electron chi connectivity index (χ4n) is 0.639. The van der Waals surface area contributed by atoms with Crippen LogP contribution < -0.4 is 0 Å². The van der Waals surface area contributed by atoms with Crippen LogP contribution in [0.3, 0.4) is 0 Å². The van der Waals surface area contributed by atoms with Crippen molar-refractivity contribution in [1.82, 2.24) is 0 Å². The van der Waals surface area contributed by atoms with Gasteiger partial charge in [-0.15, -0.1) is 6.58 Å². The van der Waals surface area contributed by atoms with E-state index in [4.69, 9.17) is 0 Å². The highest BCUT2D eigenvalue weighted by Gasteiger charge is 1.83. The second-order valence-corrected chi connectivity index (χ2v) is 2.64. The van der Waals surface area contributed by atoms with E-state index in [1.807, 2.05) is 12.3 Å². The summed E-state index contributed by atoms with van der Waals surface area (Å²) in [6.07, 6.45) is 7.32. The fraction of sp³-hybridized carbons (Fsp3) is 0.667. The molecule has 0 N–H and O–H groups in total. The summed E-state index contributed by atoms with van der Waals surface area (Å²) in [4.78, 5) is 4.24. The first kappa shape index (κ1) is 9.41. The van der Waals surface area contributed by atoms with Crippen molar-refractivity contribution < 1.29 is 0 Å². The van der Waals surface area contributed by atoms with Gasteiger partial charge in [0.25, 0.3) is 0 Å². The van der Waals surface area contributed by atoms with Gasteiger partial charge in [0.1, 0.15) is 0 Å². The summed E-state index contributed by atoms with van der Waals surface area (Å²) in [6.45, 7) is 7.82. The van der Waals surface area contributed by atoms with Gasteiger partial charge in [0.15, 0.2) is 0 Å². The highest BCUT2D eigenvalue weighted by Crippen LogP contribution is 1.93. The molecule has 0 aromatic carbocycles. The summed E-state index contributed by atoms with van der Waals surface area (Å²) >= 11 is 0. The lowest BCUT2D eigenvalue weighted by Crippen LogP contribution is -1.88. The normalized spacial score (nSPS) is 11.1. The van der Waals surface area contributed by atoms with E-state index >= 15 is 0 Å². The predicted octanol–water partition coefficient (Wildman–Crippen LogP) is 2.82. The lowest BCUT2D eigenvalue weighted by molar-refractivity contribution is 0.825. The maximum Gasteiger partial charge on any atom is 0.0439 e. The molecule has 1 heteroatoms. The Morgan fingerprint density at radius 3 is 2.60 bits per heavy atom. The van der Waals surface area contributed by atoms with Crippen LogP contribution in [0.1, 0.15) is 33.1 Å². The van der Waals surface area contributed by atoms with Gasteiger partial charge < -0.3 is 0 Å². The van der Waals surface area contributed by atoms with Crippen molar-refractivity contribution in [3.05, 3.63) is 12.7 Å². The van der Waals surface area contributed by atoms with Gasteiger partial charge in [-0.25, -0.2) is 0 Å². The number of hydrogen-bond donors (Lipinski definition) is 0. The Morgan fingerprint density at radius 2 is 2.10 bits per heavy atom. The van der Waals surface area contributed by atoms with Gasteiger partial charge in [-0.3, -0.25) is 4.99 Å². The van der Waals surface area contributed by atoms with Crippen LogP contribution in [0.25, 0.3) is 0 Å². The lowest BCUT2D eigenvalue weighted by Gasteiger charge is -1.93. The van der Waals surface area contributed by atoms with Crippen molar-refractivity contribution in [3.8, 4) is 0 Å². The molecule has 0 aliphatic heterocycles. The number of hydrogen-bond acceptors (Lipinski definition) is 1. The molecule has 0 rings (SSSR count). The highest BCUT2D eigenvalue weighted by molar-refractivity contribution is 5.57. The monoisotopic (exact) mass is 139 g/mol. The molecular weight excluding hydrogens is 122 g/mol. The molecule has 58 valence electrons. The van der Waals surface area contributed by atoms with E-state index in [0.717, 1.165) is 12.8 Å². The number of aliphatic imine (C=N–C) groups is 1. The van der Waals surface area contributed by atoms with Crippen LogP contribution in [0.15, 0.2) is 17.6 Å². The topological polar surface area (TPSA) is 12.4 Å². The molecule has 0 aromatic rings. The summed E-state index contributed by atoms with van der Waals surface area (Å²) in [7, 11) is 0. The molecule has 0 atom stereocenters. The zero-order valence-corrected chi connectivity index (χ0v) is 7.01. The van der Waals surface area contributed by atoms with Crippen LogP contribution in [0.2, 0.25) is 0 Å². The molecule has 1 nitrogen and oxygen atoms in total.